The highest BCUT2D eigenvalue weighted by Gasteiger charge is 2.15. The van der Waals surface area contributed by atoms with E-state index >= 15 is 0 Å². The van der Waals surface area contributed by atoms with Crippen molar-refractivity contribution in [3.8, 4) is 17.2 Å². The van der Waals surface area contributed by atoms with Crippen LogP contribution in [0.15, 0.2) is 42.5 Å². The summed E-state index contributed by atoms with van der Waals surface area (Å²) in [4.78, 5) is 16.3. The molecule has 0 atom stereocenters. The maximum Gasteiger partial charge on any atom is 0.236 e. The lowest BCUT2D eigenvalue weighted by Gasteiger charge is -2.23. The molecule has 0 unspecified atom stereocenters. The second kappa shape index (κ2) is 9.46. The topological polar surface area (TPSA) is 51.2 Å². The first-order valence-electron chi connectivity index (χ1n) is 9.58. The Balaban J connectivity index is 1.50. The maximum absolute atomic E-state index is 12.6. The fraction of sp³-hybridized carbons (Fsp3) is 0.409. The van der Waals surface area contributed by atoms with Gasteiger partial charge in [-0.05, 0) is 49.4 Å². The molecule has 1 heterocycles. The lowest BCUT2D eigenvalue weighted by atomic mass is 10.2. The van der Waals surface area contributed by atoms with E-state index in [1.54, 1.807) is 4.90 Å². The number of hydrogen-bond donors (Lipinski definition) is 0. The zero-order chi connectivity index (χ0) is 19.9. The van der Waals surface area contributed by atoms with E-state index in [4.69, 9.17) is 14.2 Å². The van der Waals surface area contributed by atoms with Crippen molar-refractivity contribution in [1.82, 2.24) is 9.80 Å². The van der Waals surface area contributed by atoms with Gasteiger partial charge in [-0.2, -0.15) is 0 Å². The van der Waals surface area contributed by atoms with Crippen LogP contribution < -0.4 is 14.2 Å². The Hall–Kier alpha value is -2.73. The summed E-state index contributed by atoms with van der Waals surface area (Å²) < 4.78 is 16.6. The van der Waals surface area contributed by atoms with Crippen molar-refractivity contribution >= 4 is 5.91 Å². The summed E-state index contributed by atoms with van der Waals surface area (Å²) >= 11 is 0. The smallest absolute Gasteiger partial charge is 0.236 e. The van der Waals surface area contributed by atoms with E-state index in [2.05, 4.69) is 0 Å². The van der Waals surface area contributed by atoms with Crippen LogP contribution in [0.25, 0.3) is 0 Å². The van der Waals surface area contributed by atoms with E-state index in [0.717, 1.165) is 28.4 Å². The molecule has 2 aromatic carbocycles. The molecule has 0 spiro atoms. The monoisotopic (exact) mass is 384 g/mol. The minimum absolute atomic E-state index is 0.0777. The third-order valence-electron chi connectivity index (χ3n) is 4.54. The van der Waals surface area contributed by atoms with Gasteiger partial charge < -0.3 is 19.1 Å². The standard InChI is InChI=1S/C22H28N2O4/c1-4-26-19-8-5-17(6-9-19)15-24(3)22(25)16-23(2)14-18-7-10-20-21(13-18)28-12-11-27-20/h5-10,13H,4,11-12,14-16H2,1-3H3. The molecule has 150 valence electrons. The molecule has 6 heteroatoms. The number of nitrogens with zero attached hydrogens (tertiary/aromatic N) is 2. The number of ether oxygens (including phenoxy) is 3. The van der Waals surface area contributed by atoms with Gasteiger partial charge in [-0.1, -0.05) is 18.2 Å². The Morgan fingerprint density at radius 3 is 2.36 bits per heavy atom. The van der Waals surface area contributed by atoms with Crippen molar-refractivity contribution in [3.05, 3.63) is 53.6 Å². The summed E-state index contributed by atoms with van der Waals surface area (Å²) in [5.41, 5.74) is 2.17. The fourth-order valence-electron chi connectivity index (χ4n) is 3.13. The first-order chi connectivity index (χ1) is 13.5. The Labute approximate surface area is 166 Å². The number of fused-ring (bicyclic) bond motifs is 1. The number of rotatable bonds is 8. The average molecular weight is 384 g/mol. The molecule has 0 saturated carbocycles. The van der Waals surface area contributed by atoms with Gasteiger partial charge in [0.1, 0.15) is 19.0 Å². The van der Waals surface area contributed by atoms with E-state index in [1.807, 2.05) is 68.4 Å². The Bertz CT molecular complexity index is 792. The van der Waals surface area contributed by atoms with Crippen molar-refractivity contribution in [3.63, 3.8) is 0 Å². The zero-order valence-electron chi connectivity index (χ0n) is 16.8. The molecule has 0 aliphatic carbocycles. The van der Waals surface area contributed by atoms with Crippen LogP contribution in [-0.2, 0) is 17.9 Å². The highest BCUT2D eigenvalue weighted by Crippen LogP contribution is 2.31. The Morgan fingerprint density at radius 2 is 1.64 bits per heavy atom. The molecule has 28 heavy (non-hydrogen) atoms. The molecular weight excluding hydrogens is 356 g/mol. The fourth-order valence-corrected chi connectivity index (χ4v) is 3.13. The van der Waals surface area contributed by atoms with Crippen LogP contribution in [0.4, 0.5) is 0 Å². The number of hydrogen-bond acceptors (Lipinski definition) is 5. The van der Waals surface area contributed by atoms with Gasteiger partial charge in [0.05, 0.1) is 13.2 Å². The van der Waals surface area contributed by atoms with Gasteiger partial charge in [-0.25, -0.2) is 0 Å². The van der Waals surface area contributed by atoms with Crippen LogP contribution in [0.3, 0.4) is 0 Å². The molecule has 0 fully saturated rings. The van der Waals surface area contributed by atoms with Gasteiger partial charge >= 0.3 is 0 Å². The van der Waals surface area contributed by atoms with E-state index < -0.39 is 0 Å². The van der Waals surface area contributed by atoms with Gasteiger partial charge in [0.25, 0.3) is 0 Å². The van der Waals surface area contributed by atoms with Gasteiger partial charge in [-0.15, -0.1) is 0 Å². The van der Waals surface area contributed by atoms with E-state index in [0.29, 0.717) is 39.5 Å². The molecule has 0 N–H and O–H groups in total. The predicted octanol–water partition coefficient (Wildman–Crippen LogP) is 2.95. The lowest BCUT2D eigenvalue weighted by Crippen LogP contribution is -2.36. The Morgan fingerprint density at radius 1 is 0.964 bits per heavy atom. The van der Waals surface area contributed by atoms with Crippen LogP contribution in [0, 0.1) is 0 Å². The van der Waals surface area contributed by atoms with Crippen LogP contribution in [0.2, 0.25) is 0 Å². The average Bonchev–Trinajstić information content (AvgIpc) is 2.69. The van der Waals surface area contributed by atoms with Crippen LogP contribution in [-0.4, -0.2) is 56.2 Å². The van der Waals surface area contributed by atoms with Crippen LogP contribution in [0.1, 0.15) is 18.1 Å². The molecule has 2 aromatic rings. The largest absolute Gasteiger partial charge is 0.494 e. The normalized spacial score (nSPS) is 12.7. The molecular formula is C22H28N2O4. The summed E-state index contributed by atoms with van der Waals surface area (Å²) in [6.45, 7) is 5.35. The van der Waals surface area contributed by atoms with Crippen LogP contribution in [0.5, 0.6) is 17.2 Å². The molecule has 0 saturated heterocycles. The van der Waals surface area contributed by atoms with Crippen molar-refractivity contribution in [2.24, 2.45) is 0 Å². The second-order valence-corrected chi connectivity index (χ2v) is 6.98. The molecule has 0 radical (unpaired) electrons. The number of carbonyl (C=O) groups excluding carboxylic acids is 1. The molecule has 1 aliphatic rings. The Kier molecular flexibility index (Phi) is 6.76. The molecule has 0 aromatic heterocycles. The van der Waals surface area contributed by atoms with E-state index in [1.165, 1.54) is 0 Å². The molecule has 1 amide bonds. The summed E-state index contributed by atoms with van der Waals surface area (Å²) in [6.07, 6.45) is 0. The summed E-state index contributed by atoms with van der Waals surface area (Å²) in [6, 6.07) is 13.8. The molecule has 1 aliphatic heterocycles. The van der Waals surface area contributed by atoms with Gasteiger partial charge in [0.15, 0.2) is 11.5 Å². The van der Waals surface area contributed by atoms with Crippen molar-refractivity contribution in [2.45, 2.75) is 20.0 Å². The van der Waals surface area contributed by atoms with Crippen LogP contribution >= 0.6 is 0 Å². The molecule has 6 nitrogen and oxygen atoms in total. The summed E-state index contributed by atoms with van der Waals surface area (Å²) in [7, 11) is 3.77. The highest BCUT2D eigenvalue weighted by molar-refractivity contribution is 5.78. The highest BCUT2D eigenvalue weighted by atomic mass is 16.6. The van der Waals surface area contributed by atoms with Gasteiger partial charge in [0, 0.05) is 20.1 Å². The first kappa shape index (κ1) is 20.0. The number of amides is 1. The maximum atomic E-state index is 12.6. The lowest BCUT2D eigenvalue weighted by molar-refractivity contribution is -0.131. The van der Waals surface area contributed by atoms with E-state index in [-0.39, 0.29) is 5.91 Å². The van der Waals surface area contributed by atoms with Crippen molar-refractivity contribution in [2.75, 3.05) is 40.5 Å². The minimum atomic E-state index is 0.0777. The van der Waals surface area contributed by atoms with Gasteiger partial charge in [0.2, 0.25) is 5.91 Å². The third-order valence-corrected chi connectivity index (χ3v) is 4.54. The SMILES string of the molecule is CCOc1ccc(CN(C)C(=O)CN(C)Cc2ccc3c(c2)OCCO3)cc1. The van der Waals surface area contributed by atoms with Crippen molar-refractivity contribution in [1.29, 1.82) is 0 Å². The molecule has 3 rings (SSSR count). The third kappa shape index (κ3) is 5.39. The quantitative estimate of drug-likeness (QED) is 0.700. The number of likely N-dealkylation sites (N-methyl/N-ethyl adjacent to an activating group) is 2. The molecule has 0 bridgehead atoms. The number of benzene rings is 2. The van der Waals surface area contributed by atoms with Gasteiger partial charge in [-0.3, -0.25) is 9.69 Å². The zero-order valence-corrected chi connectivity index (χ0v) is 16.8. The minimum Gasteiger partial charge on any atom is -0.494 e. The first-order valence-corrected chi connectivity index (χ1v) is 9.58. The second-order valence-electron chi connectivity index (χ2n) is 6.98. The summed E-state index contributed by atoms with van der Waals surface area (Å²) in [5, 5.41) is 0. The predicted molar refractivity (Wildman–Crippen MR) is 108 cm³/mol. The number of carbonyl (C=O) groups is 1. The van der Waals surface area contributed by atoms with E-state index in [9.17, 15) is 4.79 Å². The van der Waals surface area contributed by atoms with Crippen molar-refractivity contribution < 1.29 is 19.0 Å². The summed E-state index contributed by atoms with van der Waals surface area (Å²) in [5.74, 6) is 2.48.